The summed E-state index contributed by atoms with van der Waals surface area (Å²) in [4.78, 5) is 0. The van der Waals surface area contributed by atoms with Gasteiger partial charge in [0.1, 0.15) is 5.75 Å². The van der Waals surface area contributed by atoms with E-state index in [0.717, 1.165) is 12.2 Å². The van der Waals surface area contributed by atoms with Gasteiger partial charge < -0.3 is 10.1 Å². The number of hydrogen-bond acceptors (Lipinski definition) is 2. The lowest BCUT2D eigenvalue weighted by Gasteiger charge is -2.22. The summed E-state index contributed by atoms with van der Waals surface area (Å²) in [5.74, 6) is 1.65. The van der Waals surface area contributed by atoms with Gasteiger partial charge in [-0.25, -0.2) is 0 Å². The summed E-state index contributed by atoms with van der Waals surface area (Å²) >= 11 is 5.85. The Morgan fingerprint density at radius 2 is 1.94 bits per heavy atom. The van der Waals surface area contributed by atoms with Crippen molar-refractivity contribution in [2.45, 2.75) is 33.2 Å². The van der Waals surface area contributed by atoms with Crippen molar-refractivity contribution < 1.29 is 4.74 Å². The molecule has 1 aromatic carbocycles. The van der Waals surface area contributed by atoms with Crippen molar-refractivity contribution >= 4 is 11.6 Å². The molecule has 17 heavy (non-hydrogen) atoms. The number of benzene rings is 1. The van der Waals surface area contributed by atoms with E-state index < -0.39 is 0 Å². The van der Waals surface area contributed by atoms with Gasteiger partial charge in [-0.15, -0.1) is 11.6 Å². The molecule has 0 aromatic heterocycles. The zero-order chi connectivity index (χ0) is 13.0. The highest BCUT2D eigenvalue weighted by atomic mass is 35.5. The number of methoxy groups -OCH3 is 1. The molecular weight excluding hydrogens is 234 g/mol. The Morgan fingerprint density at radius 1 is 1.29 bits per heavy atom. The first-order valence-corrected chi connectivity index (χ1v) is 6.48. The monoisotopic (exact) mass is 255 g/mol. The molecule has 0 radical (unpaired) electrons. The Labute approximate surface area is 109 Å². The van der Waals surface area contributed by atoms with Crippen LogP contribution >= 0.6 is 11.6 Å². The molecule has 0 amide bonds. The van der Waals surface area contributed by atoms with Crippen molar-refractivity contribution in [3.8, 4) is 5.75 Å². The third kappa shape index (κ3) is 2.93. The van der Waals surface area contributed by atoms with Gasteiger partial charge in [0.2, 0.25) is 0 Å². The summed E-state index contributed by atoms with van der Waals surface area (Å²) in [5, 5.41) is 3.33. The second-order valence-electron chi connectivity index (χ2n) is 4.38. The molecule has 0 bridgehead atoms. The molecule has 1 aromatic rings. The number of alkyl halides is 1. The molecule has 1 atom stereocenters. The van der Waals surface area contributed by atoms with Gasteiger partial charge >= 0.3 is 0 Å². The first kappa shape index (κ1) is 14.3. The van der Waals surface area contributed by atoms with E-state index in [0.29, 0.717) is 11.9 Å². The van der Waals surface area contributed by atoms with Crippen molar-refractivity contribution in [3.63, 3.8) is 0 Å². The SMILES string of the molecule is CNC(CCCl)c1cc(C)c(OC)c(C)c1C. The summed E-state index contributed by atoms with van der Waals surface area (Å²) < 4.78 is 5.44. The minimum Gasteiger partial charge on any atom is -0.496 e. The van der Waals surface area contributed by atoms with E-state index in [-0.39, 0.29) is 0 Å². The maximum atomic E-state index is 5.85. The van der Waals surface area contributed by atoms with Crippen molar-refractivity contribution in [1.29, 1.82) is 0 Å². The maximum absolute atomic E-state index is 5.85. The first-order valence-electron chi connectivity index (χ1n) is 5.94. The number of rotatable bonds is 5. The molecule has 0 aliphatic rings. The largest absolute Gasteiger partial charge is 0.496 e. The van der Waals surface area contributed by atoms with Crippen molar-refractivity contribution in [1.82, 2.24) is 5.32 Å². The van der Waals surface area contributed by atoms with Crippen LogP contribution in [0.25, 0.3) is 0 Å². The summed E-state index contributed by atoms with van der Waals surface area (Å²) in [5.41, 5.74) is 5.01. The Kier molecular flexibility index (Phi) is 5.29. The van der Waals surface area contributed by atoms with Crippen molar-refractivity contribution in [2.75, 3.05) is 20.0 Å². The molecule has 0 heterocycles. The van der Waals surface area contributed by atoms with Gasteiger partial charge in [0, 0.05) is 11.9 Å². The predicted octanol–water partition coefficient (Wildman–Crippen LogP) is 3.51. The van der Waals surface area contributed by atoms with Crippen LogP contribution in [0.15, 0.2) is 6.07 Å². The van der Waals surface area contributed by atoms with Gasteiger partial charge in [-0.2, -0.15) is 0 Å². The Bertz CT molecular complexity index is 390. The molecular formula is C14H22ClNO. The van der Waals surface area contributed by atoms with Crippen LogP contribution in [-0.2, 0) is 0 Å². The standard InChI is InChI=1S/C14H22ClNO/c1-9-8-12(13(16-4)6-7-15)10(2)11(3)14(9)17-5/h8,13,16H,6-7H2,1-5H3. The van der Waals surface area contributed by atoms with E-state index in [2.05, 4.69) is 32.2 Å². The summed E-state index contributed by atoms with van der Waals surface area (Å²) in [7, 11) is 3.70. The molecule has 1 unspecified atom stereocenters. The fourth-order valence-corrected chi connectivity index (χ4v) is 2.55. The van der Waals surface area contributed by atoms with E-state index in [1.807, 2.05) is 7.05 Å². The van der Waals surface area contributed by atoms with E-state index >= 15 is 0 Å². The Morgan fingerprint density at radius 3 is 2.41 bits per heavy atom. The van der Waals surface area contributed by atoms with Crippen LogP contribution in [-0.4, -0.2) is 20.0 Å². The first-order chi connectivity index (χ1) is 8.06. The minimum atomic E-state index is 0.316. The van der Waals surface area contributed by atoms with Gasteiger partial charge in [0.05, 0.1) is 7.11 Å². The van der Waals surface area contributed by atoms with Gasteiger partial charge in [0.15, 0.2) is 0 Å². The molecule has 0 saturated heterocycles. The molecule has 3 heteroatoms. The second-order valence-corrected chi connectivity index (χ2v) is 4.76. The van der Waals surface area contributed by atoms with Crippen molar-refractivity contribution in [2.24, 2.45) is 0 Å². The summed E-state index contributed by atoms with van der Waals surface area (Å²) in [6.07, 6.45) is 0.935. The third-order valence-electron chi connectivity index (χ3n) is 3.39. The average molecular weight is 256 g/mol. The van der Waals surface area contributed by atoms with Crippen LogP contribution < -0.4 is 10.1 Å². The number of halogens is 1. The van der Waals surface area contributed by atoms with E-state index in [9.17, 15) is 0 Å². The average Bonchev–Trinajstić information content (AvgIpc) is 2.32. The van der Waals surface area contributed by atoms with Crippen LogP contribution in [0.2, 0.25) is 0 Å². The summed E-state index contributed by atoms with van der Waals surface area (Å²) in [6.45, 7) is 6.34. The number of hydrogen-bond donors (Lipinski definition) is 1. The summed E-state index contributed by atoms with van der Waals surface area (Å²) in [6, 6.07) is 2.52. The van der Waals surface area contributed by atoms with E-state index in [1.165, 1.54) is 22.3 Å². The van der Waals surface area contributed by atoms with Crippen LogP contribution in [0.4, 0.5) is 0 Å². The second kappa shape index (κ2) is 6.27. The maximum Gasteiger partial charge on any atom is 0.124 e. The molecule has 0 aliphatic carbocycles. The van der Waals surface area contributed by atoms with E-state index in [4.69, 9.17) is 16.3 Å². The van der Waals surface area contributed by atoms with Gasteiger partial charge in [-0.05, 0) is 56.5 Å². The minimum absolute atomic E-state index is 0.316. The lowest BCUT2D eigenvalue weighted by molar-refractivity contribution is 0.407. The molecule has 0 fully saturated rings. The predicted molar refractivity (Wildman–Crippen MR) is 74.3 cm³/mol. The fourth-order valence-electron chi connectivity index (χ4n) is 2.33. The third-order valence-corrected chi connectivity index (χ3v) is 3.61. The number of aryl methyl sites for hydroxylation is 1. The molecule has 1 N–H and O–H groups in total. The van der Waals surface area contributed by atoms with E-state index in [1.54, 1.807) is 7.11 Å². The highest BCUT2D eigenvalue weighted by molar-refractivity contribution is 6.17. The van der Waals surface area contributed by atoms with Crippen LogP contribution in [0.5, 0.6) is 5.75 Å². The van der Waals surface area contributed by atoms with Gasteiger partial charge in [0.25, 0.3) is 0 Å². The normalized spacial score (nSPS) is 12.6. The van der Waals surface area contributed by atoms with Crippen LogP contribution in [0.1, 0.15) is 34.7 Å². The van der Waals surface area contributed by atoms with Gasteiger partial charge in [-0.1, -0.05) is 6.07 Å². The number of ether oxygens (including phenoxy) is 1. The molecule has 0 aliphatic heterocycles. The highest BCUT2D eigenvalue weighted by Crippen LogP contribution is 2.32. The lowest BCUT2D eigenvalue weighted by Crippen LogP contribution is -2.18. The topological polar surface area (TPSA) is 21.3 Å². The quantitative estimate of drug-likeness (QED) is 0.813. The number of nitrogens with one attached hydrogen (secondary N) is 1. The Hall–Kier alpha value is -0.730. The van der Waals surface area contributed by atoms with Gasteiger partial charge in [-0.3, -0.25) is 0 Å². The zero-order valence-corrected chi connectivity index (χ0v) is 12.1. The smallest absolute Gasteiger partial charge is 0.124 e. The molecule has 96 valence electrons. The molecule has 1 rings (SSSR count). The lowest BCUT2D eigenvalue weighted by atomic mass is 9.93. The van der Waals surface area contributed by atoms with Crippen LogP contribution in [0.3, 0.4) is 0 Å². The highest BCUT2D eigenvalue weighted by Gasteiger charge is 2.16. The Balaban J connectivity index is 3.25. The molecule has 0 spiro atoms. The zero-order valence-electron chi connectivity index (χ0n) is 11.4. The molecule has 0 saturated carbocycles. The molecule has 2 nitrogen and oxygen atoms in total. The van der Waals surface area contributed by atoms with Crippen molar-refractivity contribution in [3.05, 3.63) is 28.3 Å². The fraction of sp³-hybridized carbons (Fsp3) is 0.571. The van der Waals surface area contributed by atoms with Crippen LogP contribution in [0, 0.1) is 20.8 Å².